The van der Waals surface area contributed by atoms with E-state index >= 15 is 0 Å². The SMILES string of the molecule is CC(C)(Nc1ccccc1)C(=O)NOCc1ccccc1. The Balaban J connectivity index is 1.84. The number of hydroxylamine groups is 1. The van der Waals surface area contributed by atoms with E-state index in [-0.39, 0.29) is 5.91 Å². The highest BCUT2D eigenvalue weighted by Gasteiger charge is 2.27. The molecule has 2 aromatic rings. The first-order valence-electron chi connectivity index (χ1n) is 6.87. The van der Waals surface area contributed by atoms with Crippen molar-refractivity contribution in [2.75, 3.05) is 5.32 Å². The van der Waals surface area contributed by atoms with Crippen LogP contribution >= 0.6 is 0 Å². The van der Waals surface area contributed by atoms with Gasteiger partial charge in [0, 0.05) is 5.69 Å². The van der Waals surface area contributed by atoms with Gasteiger partial charge in [-0.15, -0.1) is 0 Å². The highest BCUT2D eigenvalue weighted by atomic mass is 16.6. The van der Waals surface area contributed by atoms with Crippen molar-refractivity contribution in [2.24, 2.45) is 0 Å². The monoisotopic (exact) mass is 284 g/mol. The van der Waals surface area contributed by atoms with Gasteiger partial charge in [0.05, 0.1) is 6.61 Å². The molecular formula is C17H20N2O2. The Kier molecular flexibility index (Phi) is 4.95. The van der Waals surface area contributed by atoms with Gasteiger partial charge in [-0.1, -0.05) is 48.5 Å². The highest BCUT2D eigenvalue weighted by molar-refractivity contribution is 5.87. The van der Waals surface area contributed by atoms with Crippen LogP contribution in [0.5, 0.6) is 0 Å². The van der Waals surface area contributed by atoms with Crippen LogP contribution in [0.3, 0.4) is 0 Å². The van der Waals surface area contributed by atoms with Crippen molar-refractivity contribution >= 4 is 11.6 Å². The predicted molar refractivity (Wildman–Crippen MR) is 83.5 cm³/mol. The largest absolute Gasteiger partial charge is 0.372 e. The number of hydrogen-bond donors (Lipinski definition) is 2. The molecule has 0 aliphatic heterocycles. The van der Waals surface area contributed by atoms with Crippen molar-refractivity contribution in [3.8, 4) is 0 Å². The van der Waals surface area contributed by atoms with Crippen molar-refractivity contribution in [3.63, 3.8) is 0 Å². The summed E-state index contributed by atoms with van der Waals surface area (Å²) in [5.41, 5.74) is 3.62. The molecule has 0 aromatic heterocycles. The third kappa shape index (κ3) is 4.61. The van der Waals surface area contributed by atoms with Gasteiger partial charge in [0.25, 0.3) is 5.91 Å². The summed E-state index contributed by atoms with van der Waals surface area (Å²) in [5, 5.41) is 3.17. The molecule has 0 aliphatic rings. The molecule has 0 radical (unpaired) electrons. The van der Waals surface area contributed by atoms with Gasteiger partial charge in [-0.2, -0.15) is 0 Å². The van der Waals surface area contributed by atoms with Crippen LogP contribution in [-0.4, -0.2) is 11.4 Å². The Hall–Kier alpha value is -2.33. The van der Waals surface area contributed by atoms with Crippen LogP contribution in [-0.2, 0) is 16.2 Å². The van der Waals surface area contributed by atoms with E-state index in [1.54, 1.807) is 13.8 Å². The van der Waals surface area contributed by atoms with Gasteiger partial charge in [-0.3, -0.25) is 9.63 Å². The minimum atomic E-state index is -0.766. The van der Waals surface area contributed by atoms with Crippen LogP contribution in [0.15, 0.2) is 60.7 Å². The van der Waals surface area contributed by atoms with Crippen LogP contribution < -0.4 is 10.8 Å². The van der Waals surface area contributed by atoms with Gasteiger partial charge in [0.1, 0.15) is 5.54 Å². The third-order valence-corrected chi connectivity index (χ3v) is 3.04. The molecule has 4 nitrogen and oxygen atoms in total. The molecular weight excluding hydrogens is 264 g/mol. The summed E-state index contributed by atoms with van der Waals surface area (Å²) in [7, 11) is 0. The van der Waals surface area contributed by atoms with Crippen molar-refractivity contribution in [2.45, 2.75) is 26.0 Å². The average molecular weight is 284 g/mol. The Morgan fingerprint density at radius 2 is 1.57 bits per heavy atom. The number of anilines is 1. The Bertz CT molecular complexity index is 568. The molecule has 110 valence electrons. The molecule has 0 atom stereocenters. The first-order valence-corrected chi connectivity index (χ1v) is 6.87. The van der Waals surface area contributed by atoms with Crippen molar-refractivity contribution in [1.82, 2.24) is 5.48 Å². The standard InChI is InChI=1S/C17H20N2O2/c1-17(2,18-15-11-7-4-8-12-15)16(20)19-21-13-14-9-5-3-6-10-14/h3-12,18H,13H2,1-2H3,(H,19,20). The van der Waals surface area contributed by atoms with E-state index in [2.05, 4.69) is 10.8 Å². The molecule has 0 unspecified atom stereocenters. The molecule has 1 amide bonds. The van der Waals surface area contributed by atoms with E-state index < -0.39 is 5.54 Å². The molecule has 2 rings (SSSR count). The zero-order valence-corrected chi connectivity index (χ0v) is 12.3. The second kappa shape index (κ2) is 6.90. The van der Waals surface area contributed by atoms with E-state index in [1.165, 1.54) is 0 Å². The lowest BCUT2D eigenvalue weighted by atomic mass is 10.0. The second-order valence-corrected chi connectivity index (χ2v) is 5.32. The fourth-order valence-electron chi connectivity index (χ4n) is 1.83. The van der Waals surface area contributed by atoms with Crippen molar-refractivity contribution in [1.29, 1.82) is 0 Å². The Labute approximate surface area is 125 Å². The van der Waals surface area contributed by atoms with E-state index in [1.807, 2.05) is 60.7 Å². The summed E-state index contributed by atoms with van der Waals surface area (Å²) in [6.45, 7) is 3.95. The zero-order chi connectivity index (χ0) is 15.1. The third-order valence-electron chi connectivity index (χ3n) is 3.04. The van der Waals surface area contributed by atoms with Gasteiger partial charge >= 0.3 is 0 Å². The van der Waals surface area contributed by atoms with Crippen LogP contribution in [0.25, 0.3) is 0 Å². The van der Waals surface area contributed by atoms with Gasteiger partial charge in [-0.05, 0) is 31.5 Å². The number of rotatable bonds is 6. The molecule has 21 heavy (non-hydrogen) atoms. The fraction of sp³-hybridized carbons (Fsp3) is 0.235. The summed E-state index contributed by atoms with van der Waals surface area (Å²) >= 11 is 0. The molecule has 0 aliphatic carbocycles. The van der Waals surface area contributed by atoms with E-state index in [0.29, 0.717) is 6.61 Å². The van der Waals surface area contributed by atoms with Crippen molar-refractivity contribution in [3.05, 3.63) is 66.2 Å². The highest BCUT2D eigenvalue weighted by Crippen LogP contribution is 2.14. The first kappa shape index (κ1) is 15.1. The molecule has 4 heteroatoms. The quantitative estimate of drug-likeness (QED) is 0.801. The molecule has 0 heterocycles. The number of carbonyl (C=O) groups excluding carboxylic acids is 1. The maximum Gasteiger partial charge on any atom is 0.268 e. The number of carbonyl (C=O) groups is 1. The lowest BCUT2D eigenvalue weighted by Crippen LogP contribution is -2.47. The number of amides is 1. The van der Waals surface area contributed by atoms with Crippen molar-refractivity contribution < 1.29 is 9.63 Å². The van der Waals surface area contributed by atoms with Gasteiger partial charge in [-0.25, -0.2) is 5.48 Å². The van der Waals surface area contributed by atoms with Crippen LogP contribution in [0, 0.1) is 0 Å². The minimum Gasteiger partial charge on any atom is -0.372 e. The maximum atomic E-state index is 12.2. The van der Waals surface area contributed by atoms with E-state index in [9.17, 15) is 4.79 Å². The molecule has 2 N–H and O–H groups in total. The summed E-state index contributed by atoms with van der Waals surface area (Å²) in [4.78, 5) is 17.4. The Morgan fingerprint density at radius 1 is 1.00 bits per heavy atom. The molecule has 0 fully saturated rings. The maximum absolute atomic E-state index is 12.2. The van der Waals surface area contributed by atoms with Crippen LogP contribution in [0.4, 0.5) is 5.69 Å². The minimum absolute atomic E-state index is 0.220. The molecule has 2 aromatic carbocycles. The Morgan fingerprint density at radius 3 is 2.19 bits per heavy atom. The topological polar surface area (TPSA) is 50.4 Å². The number of benzene rings is 2. The molecule has 0 saturated heterocycles. The molecule has 0 spiro atoms. The summed E-state index contributed by atoms with van der Waals surface area (Å²) in [5.74, 6) is -0.220. The molecule has 0 bridgehead atoms. The van der Waals surface area contributed by atoms with Gasteiger partial charge in [0.2, 0.25) is 0 Å². The van der Waals surface area contributed by atoms with Crippen LogP contribution in [0.1, 0.15) is 19.4 Å². The van der Waals surface area contributed by atoms with Gasteiger partial charge in [0.15, 0.2) is 0 Å². The van der Waals surface area contributed by atoms with Gasteiger partial charge < -0.3 is 5.32 Å². The average Bonchev–Trinajstić information content (AvgIpc) is 2.49. The lowest BCUT2D eigenvalue weighted by molar-refractivity contribution is -0.138. The normalized spacial score (nSPS) is 11.0. The summed E-state index contributed by atoms with van der Waals surface area (Å²) < 4.78 is 0. The van der Waals surface area contributed by atoms with E-state index in [4.69, 9.17) is 4.84 Å². The second-order valence-electron chi connectivity index (χ2n) is 5.32. The number of para-hydroxylation sites is 1. The number of hydrogen-bond acceptors (Lipinski definition) is 3. The summed E-state index contributed by atoms with van der Waals surface area (Å²) in [6, 6.07) is 19.3. The zero-order valence-electron chi connectivity index (χ0n) is 12.3. The fourth-order valence-corrected chi connectivity index (χ4v) is 1.83. The smallest absolute Gasteiger partial charge is 0.268 e. The lowest BCUT2D eigenvalue weighted by Gasteiger charge is -2.26. The first-order chi connectivity index (χ1) is 10.1. The molecule has 0 saturated carbocycles. The number of nitrogens with one attached hydrogen (secondary N) is 2. The van der Waals surface area contributed by atoms with E-state index in [0.717, 1.165) is 11.3 Å². The predicted octanol–water partition coefficient (Wildman–Crippen LogP) is 3.13. The van der Waals surface area contributed by atoms with Crippen LogP contribution in [0.2, 0.25) is 0 Å². The summed E-state index contributed by atoms with van der Waals surface area (Å²) in [6.07, 6.45) is 0.